The summed E-state index contributed by atoms with van der Waals surface area (Å²) in [4.78, 5) is 8.82. The molecule has 0 radical (unpaired) electrons. The minimum Gasteiger partial charge on any atom is -0.383 e. The normalized spacial score (nSPS) is 14.9. The number of benzene rings is 2. The molecule has 5 aromatic rings. The molecule has 0 amide bonds. The van der Waals surface area contributed by atoms with Gasteiger partial charge < -0.3 is 15.6 Å². The van der Waals surface area contributed by atoms with Gasteiger partial charge in [-0.3, -0.25) is 0 Å². The number of aromatic nitrogens is 5. The van der Waals surface area contributed by atoms with Crippen molar-refractivity contribution in [3.63, 3.8) is 0 Å². The number of nitrogens with two attached hydrogens (primary N) is 1. The van der Waals surface area contributed by atoms with Crippen molar-refractivity contribution in [2.24, 2.45) is 0 Å². The summed E-state index contributed by atoms with van der Waals surface area (Å²) >= 11 is 6.38. The van der Waals surface area contributed by atoms with Gasteiger partial charge in [0.15, 0.2) is 5.65 Å². The molecule has 0 aliphatic carbocycles. The van der Waals surface area contributed by atoms with Crippen LogP contribution in [-0.2, 0) is 6.54 Å². The molecule has 1 saturated heterocycles. The Morgan fingerprint density at radius 1 is 1.06 bits per heavy atom. The number of nitrogens with one attached hydrogen (secondary N) is 1. The second kappa shape index (κ2) is 8.17. The van der Waals surface area contributed by atoms with Gasteiger partial charge in [-0.2, -0.15) is 5.10 Å². The van der Waals surface area contributed by atoms with Crippen LogP contribution in [0.2, 0.25) is 5.02 Å². The molecule has 2 aromatic carbocycles. The monoisotopic (exact) mass is 457 g/mol. The first-order valence-electron chi connectivity index (χ1n) is 11.2. The van der Waals surface area contributed by atoms with Crippen LogP contribution in [0, 0.1) is 0 Å². The smallest absolute Gasteiger partial charge is 0.164 e. The zero-order valence-electron chi connectivity index (χ0n) is 18.1. The second-order valence-electron chi connectivity index (χ2n) is 8.54. The molecule has 1 aliphatic heterocycles. The average Bonchev–Trinajstić information content (AvgIpc) is 3.43. The Morgan fingerprint density at radius 2 is 1.91 bits per heavy atom. The Kier molecular flexibility index (Phi) is 5.00. The first-order chi connectivity index (χ1) is 16.2. The van der Waals surface area contributed by atoms with Crippen molar-refractivity contribution >= 4 is 39.4 Å². The van der Waals surface area contributed by atoms with E-state index in [2.05, 4.69) is 61.1 Å². The highest BCUT2D eigenvalue weighted by atomic mass is 35.5. The molecule has 0 bridgehead atoms. The van der Waals surface area contributed by atoms with Gasteiger partial charge >= 0.3 is 0 Å². The SMILES string of the molecule is Nc1ncnc2c1c(-c1ccc3c(ccn3Cc3ccccc3Cl)c1)nn2C1CCNCC1. The number of nitrogens with zero attached hydrogens (tertiary/aromatic N) is 5. The predicted molar refractivity (Wildman–Crippen MR) is 132 cm³/mol. The highest BCUT2D eigenvalue weighted by Crippen LogP contribution is 2.35. The van der Waals surface area contributed by atoms with Gasteiger partial charge in [0.05, 0.1) is 11.4 Å². The summed E-state index contributed by atoms with van der Waals surface area (Å²) in [5, 5.41) is 11.2. The maximum Gasteiger partial charge on any atom is 0.164 e. The van der Waals surface area contributed by atoms with Crippen LogP contribution in [0.4, 0.5) is 5.82 Å². The zero-order chi connectivity index (χ0) is 22.4. The lowest BCUT2D eigenvalue weighted by atomic mass is 10.1. The predicted octanol–water partition coefficient (Wildman–Crippen LogP) is 4.66. The number of piperidine rings is 1. The summed E-state index contributed by atoms with van der Waals surface area (Å²) < 4.78 is 4.26. The van der Waals surface area contributed by atoms with Crippen molar-refractivity contribution in [3.05, 3.63) is 71.6 Å². The van der Waals surface area contributed by atoms with E-state index in [1.165, 1.54) is 6.33 Å². The summed E-state index contributed by atoms with van der Waals surface area (Å²) in [5.41, 5.74) is 11.2. The minimum absolute atomic E-state index is 0.303. The third-order valence-electron chi connectivity index (χ3n) is 6.52. The van der Waals surface area contributed by atoms with Gasteiger partial charge in [0.25, 0.3) is 0 Å². The van der Waals surface area contributed by atoms with Crippen molar-refractivity contribution in [1.29, 1.82) is 0 Å². The van der Waals surface area contributed by atoms with Crippen LogP contribution in [0.1, 0.15) is 24.4 Å². The number of hydrogen-bond donors (Lipinski definition) is 2. The number of halogens is 1. The lowest BCUT2D eigenvalue weighted by molar-refractivity contribution is 0.350. The Bertz CT molecular complexity index is 1460. The maximum absolute atomic E-state index is 6.38. The van der Waals surface area contributed by atoms with Crippen LogP contribution in [0.3, 0.4) is 0 Å². The van der Waals surface area contributed by atoms with E-state index in [-0.39, 0.29) is 0 Å². The number of nitrogen functional groups attached to an aromatic ring is 1. The molecule has 4 heterocycles. The lowest BCUT2D eigenvalue weighted by Gasteiger charge is -2.23. The molecule has 0 saturated carbocycles. The fourth-order valence-electron chi connectivity index (χ4n) is 4.80. The topological polar surface area (TPSA) is 86.6 Å². The molecule has 6 rings (SSSR count). The van der Waals surface area contributed by atoms with Gasteiger partial charge in [0.2, 0.25) is 0 Å². The van der Waals surface area contributed by atoms with E-state index in [1.807, 2.05) is 18.2 Å². The molecular weight excluding hydrogens is 434 g/mol. The molecule has 1 fully saturated rings. The van der Waals surface area contributed by atoms with Crippen molar-refractivity contribution in [3.8, 4) is 11.3 Å². The number of anilines is 1. The van der Waals surface area contributed by atoms with Crippen LogP contribution in [-0.4, -0.2) is 37.4 Å². The van der Waals surface area contributed by atoms with Gasteiger partial charge in [-0.25, -0.2) is 14.6 Å². The Balaban J connectivity index is 1.43. The molecule has 33 heavy (non-hydrogen) atoms. The van der Waals surface area contributed by atoms with Crippen LogP contribution in [0.25, 0.3) is 33.2 Å². The average molecular weight is 458 g/mol. The molecule has 0 atom stereocenters. The number of hydrogen-bond acceptors (Lipinski definition) is 5. The second-order valence-corrected chi connectivity index (χ2v) is 8.95. The first-order valence-corrected chi connectivity index (χ1v) is 11.6. The molecule has 3 aromatic heterocycles. The highest BCUT2D eigenvalue weighted by Gasteiger charge is 2.23. The summed E-state index contributed by atoms with van der Waals surface area (Å²) in [6.07, 6.45) is 5.66. The van der Waals surface area contributed by atoms with Crippen molar-refractivity contribution < 1.29 is 0 Å². The van der Waals surface area contributed by atoms with E-state index in [0.29, 0.717) is 11.9 Å². The Morgan fingerprint density at radius 3 is 2.76 bits per heavy atom. The van der Waals surface area contributed by atoms with E-state index in [9.17, 15) is 0 Å². The van der Waals surface area contributed by atoms with Gasteiger partial charge in [-0.1, -0.05) is 35.9 Å². The van der Waals surface area contributed by atoms with Gasteiger partial charge in [-0.15, -0.1) is 0 Å². The van der Waals surface area contributed by atoms with Gasteiger partial charge in [-0.05, 0) is 55.8 Å². The van der Waals surface area contributed by atoms with Crippen molar-refractivity contribution in [2.45, 2.75) is 25.4 Å². The van der Waals surface area contributed by atoms with Crippen LogP contribution in [0.15, 0.2) is 61.1 Å². The molecule has 1 aliphatic rings. The third kappa shape index (κ3) is 3.53. The van der Waals surface area contributed by atoms with Gasteiger partial charge in [0.1, 0.15) is 17.8 Å². The fraction of sp³-hybridized carbons (Fsp3) is 0.240. The van der Waals surface area contributed by atoms with E-state index in [4.69, 9.17) is 22.4 Å². The molecule has 166 valence electrons. The van der Waals surface area contributed by atoms with Gasteiger partial charge in [0, 0.05) is 34.2 Å². The zero-order valence-corrected chi connectivity index (χ0v) is 18.8. The summed E-state index contributed by atoms with van der Waals surface area (Å²) in [6.45, 7) is 2.68. The van der Waals surface area contributed by atoms with Crippen molar-refractivity contribution in [1.82, 2.24) is 29.6 Å². The maximum atomic E-state index is 6.38. The highest BCUT2D eigenvalue weighted by molar-refractivity contribution is 6.31. The quantitative estimate of drug-likeness (QED) is 0.410. The largest absolute Gasteiger partial charge is 0.383 e. The first kappa shape index (κ1) is 20.2. The molecular formula is C25H24ClN7. The van der Waals surface area contributed by atoms with E-state index in [0.717, 1.165) is 76.3 Å². The molecule has 3 N–H and O–H groups in total. The lowest BCUT2D eigenvalue weighted by Crippen LogP contribution is -2.30. The molecule has 0 unspecified atom stereocenters. The van der Waals surface area contributed by atoms with Crippen LogP contribution < -0.4 is 11.1 Å². The third-order valence-corrected chi connectivity index (χ3v) is 6.88. The van der Waals surface area contributed by atoms with Crippen LogP contribution in [0.5, 0.6) is 0 Å². The van der Waals surface area contributed by atoms with E-state index < -0.39 is 0 Å². The molecule has 8 heteroatoms. The molecule has 0 spiro atoms. The standard InChI is InChI=1S/C25H24ClN7/c26-20-4-2-1-3-18(20)14-32-12-9-16-13-17(5-6-21(16)32)23-22-24(27)29-15-30-25(22)33(31-23)19-7-10-28-11-8-19/h1-6,9,12-13,15,19,28H,7-8,10-11,14H2,(H2,27,29,30). The van der Waals surface area contributed by atoms with E-state index in [1.54, 1.807) is 0 Å². The summed E-state index contributed by atoms with van der Waals surface area (Å²) in [7, 11) is 0. The number of rotatable bonds is 4. The minimum atomic E-state index is 0.303. The Hall–Kier alpha value is -3.42. The van der Waals surface area contributed by atoms with Crippen molar-refractivity contribution in [2.75, 3.05) is 18.8 Å². The summed E-state index contributed by atoms with van der Waals surface area (Å²) in [5.74, 6) is 0.464. The Labute approximate surface area is 196 Å². The van der Waals surface area contributed by atoms with Crippen LogP contribution >= 0.6 is 11.6 Å². The fourth-order valence-corrected chi connectivity index (χ4v) is 4.99. The molecule has 7 nitrogen and oxygen atoms in total. The summed E-state index contributed by atoms with van der Waals surface area (Å²) in [6, 6.07) is 16.8. The number of fused-ring (bicyclic) bond motifs is 2. The van der Waals surface area contributed by atoms with E-state index >= 15 is 0 Å².